The van der Waals surface area contributed by atoms with E-state index in [1.807, 2.05) is 66.7 Å². The number of hydrogen-bond acceptors (Lipinski definition) is 3. The quantitative estimate of drug-likeness (QED) is 0.495. The van der Waals surface area contributed by atoms with Crippen molar-refractivity contribution in [2.45, 2.75) is 13.8 Å². The van der Waals surface area contributed by atoms with Crippen molar-refractivity contribution in [3.63, 3.8) is 0 Å². The molecule has 0 atom stereocenters. The number of ether oxygens (including phenoxy) is 1. The number of hydrogen-bond donors (Lipinski definition) is 1. The number of hydrazone groups is 1. The van der Waals surface area contributed by atoms with Crippen LogP contribution in [0.1, 0.15) is 16.7 Å². The fraction of sp³-hybridized carbons (Fsp3) is 0.0952. The van der Waals surface area contributed by atoms with Crippen LogP contribution in [0.2, 0.25) is 0 Å². The topological polar surface area (TPSA) is 33.6 Å². The molecule has 0 fully saturated rings. The van der Waals surface area contributed by atoms with E-state index < -0.39 is 0 Å². The SMILES string of the molecule is Cc1ccc(Oc2ccccc2C=NNc2ccccc2)cc1C. The van der Waals surface area contributed by atoms with E-state index in [0.29, 0.717) is 0 Å². The normalized spacial score (nSPS) is 10.8. The van der Waals surface area contributed by atoms with Crippen molar-refractivity contribution in [3.05, 3.63) is 89.5 Å². The number of nitrogens with one attached hydrogen (secondary N) is 1. The van der Waals surface area contributed by atoms with Gasteiger partial charge in [0.1, 0.15) is 11.5 Å². The third kappa shape index (κ3) is 4.02. The molecule has 0 heterocycles. The van der Waals surface area contributed by atoms with Crippen LogP contribution >= 0.6 is 0 Å². The monoisotopic (exact) mass is 316 g/mol. The molecule has 0 aromatic heterocycles. The average Bonchev–Trinajstić information content (AvgIpc) is 2.61. The summed E-state index contributed by atoms with van der Waals surface area (Å²) in [5, 5.41) is 4.29. The van der Waals surface area contributed by atoms with Crippen molar-refractivity contribution in [1.82, 2.24) is 0 Å². The largest absolute Gasteiger partial charge is 0.457 e. The summed E-state index contributed by atoms with van der Waals surface area (Å²) in [5.41, 5.74) is 7.34. The van der Waals surface area contributed by atoms with E-state index in [4.69, 9.17) is 4.74 Å². The van der Waals surface area contributed by atoms with Crippen LogP contribution in [0.4, 0.5) is 5.69 Å². The van der Waals surface area contributed by atoms with Gasteiger partial charge < -0.3 is 4.74 Å². The molecule has 24 heavy (non-hydrogen) atoms. The first-order valence-electron chi connectivity index (χ1n) is 7.90. The number of para-hydroxylation sites is 2. The van der Waals surface area contributed by atoms with E-state index in [9.17, 15) is 0 Å². The van der Waals surface area contributed by atoms with Crippen LogP contribution in [0.3, 0.4) is 0 Å². The fourth-order valence-corrected chi connectivity index (χ4v) is 2.27. The lowest BCUT2D eigenvalue weighted by molar-refractivity contribution is 0.481. The zero-order chi connectivity index (χ0) is 16.8. The van der Waals surface area contributed by atoms with Gasteiger partial charge in [0.2, 0.25) is 0 Å². The molecule has 0 aliphatic carbocycles. The van der Waals surface area contributed by atoms with Crippen LogP contribution < -0.4 is 10.2 Å². The molecule has 0 bridgehead atoms. The van der Waals surface area contributed by atoms with Gasteiger partial charge in [-0.25, -0.2) is 0 Å². The molecular formula is C21H20N2O. The third-order valence-corrected chi connectivity index (χ3v) is 3.80. The lowest BCUT2D eigenvalue weighted by Gasteiger charge is -2.10. The van der Waals surface area contributed by atoms with Crippen LogP contribution in [-0.4, -0.2) is 6.21 Å². The second kappa shape index (κ2) is 7.47. The zero-order valence-electron chi connectivity index (χ0n) is 13.9. The summed E-state index contributed by atoms with van der Waals surface area (Å²) < 4.78 is 6.03. The van der Waals surface area contributed by atoms with Crippen molar-refractivity contribution < 1.29 is 4.74 Å². The highest BCUT2D eigenvalue weighted by Crippen LogP contribution is 2.26. The third-order valence-electron chi connectivity index (χ3n) is 3.80. The lowest BCUT2D eigenvalue weighted by atomic mass is 10.1. The van der Waals surface area contributed by atoms with E-state index in [0.717, 1.165) is 22.7 Å². The summed E-state index contributed by atoms with van der Waals surface area (Å²) in [4.78, 5) is 0. The van der Waals surface area contributed by atoms with Gasteiger partial charge in [-0.15, -0.1) is 0 Å². The minimum absolute atomic E-state index is 0.777. The molecule has 0 saturated heterocycles. The molecule has 0 amide bonds. The summed E-state index contributed by atoms with van der Waals surface area (Å²) in [6.07, 6.45) is 1.77. The van der Waals surface area contributed by atoms with Crippen LogP contribution in [-0.2, 0) is 0 Å². The molecule has 0 saturated carbocycles. The Hall–Kier alpha value is -3.07. The molecular weight excluding hydrogens is 296 g/mol. The van der Waals surface area contributed by atoms with Gasteiger partial charge in [0.05, 0.1) is 11.9 Å². The second-order valence-corrected chi connectivity index (χ2v) is 5.62. The summed E-state index contributed by atoms with van der Waals surface area (Å²) in [6.45, 7) is 4.17. The molecule has 0 radical (unpaired) electrons. The van der Waals surface area contributed by atoms with Crippen LogP contribution in [0.25, 0.3) is 0 Å². The predicted molar refractivity (Wildman–Crippen MR) is 100 cm³/mol. The van der Waals surface area contributed by atoms with Crippen LogP contribution in [0, 0.1) is 13.8 Å². The molecule has 0 spiro atoms. The minimum Gasteiger partial charge on any atom is -0.457 e. The van der Waals surface area contributed by atoms with Crippen molar-refractivity contribution in [2.24, 2.45) is 5.10 Å². The van der Waals surface area contributed by atoms with Gasteiger partial charge in [-0.05, 0) is 61.4 Å². The molecule has 0 unspecified atom stereocenters. The Labute approximate surface area is 142 Å². The predicted octanol–water partition coefficient (Wildman–Crippen LogP) is 5.54. The summed E-state index contributed by atoms with van der Waals surface area (Å²) >= 11 is 0. The number of benzene rings is 3. The molecule has 0 aliphatic heterocycles. The maximum absolute atomic E-state index is 6.03. The molecule has 3 aromatic rings. The first kappa shape index (κ1) is 15.8. The number of rotatable bonds is 5. The first-order valence-corrected chi connectivity index (χ1v) is 7.90. The van der Waals surface area contributed by atoms with E-state index >= 15 is 0 Å². The first-order chi connectivity index (χ1) is 11.7. The van der Waals surface area contributed by atoms with Gasteiger partial charge in [0, 0.05) is 5.56 Å². The van der Waals surface area contributed by atoms with Crippen molar-refractivity contribution in [2.75, 3.05) is 5.43 Å². The van der Waals surface area contributed by atoms with E-state index in [1.165, 1.54) is 11.1 Å². The Balaban J connectivity index is 1.76. The Bertz CT molecular complexity index is 841. The summed E-state index contributed by atoms with van der Waals surface area (Å²) in [6, 6.07) is 23.8. The Morgan fingerprint density at radius 2 is 1.58 bits per heavy atom. The molecule has 3 heteroatoms. The van der Waals surface area contributed by atoms with Gasteiger partial charge in [0.15, 0.2) is 0 Å². The average molecular weight is 316 g/mol. The smallest absolute Gasteiger partial charge is 0.136 e. The maximum Gasteiger partial charge on any atom is 0.136 e. The molecule has 120 valence electrons. The Kier molecular flexibility index (Phi) is 4.92. The summed E-state index contributed by atoms with van der Waals surface area (Å²) in [7, 11) is 0. The van der Waals surface area contributed by atoms with Crippen molar-refractivity contribution >= 4 is 11.9 Å². The Morgan fingerprint density at radius 1 is 0.833 bits per heavy atom. The highest BCUT2D eigenvalue weighted by molar-refractivity contribution is 5.84. The van der Waals surface area contributed by atoms with Crippen LogP contribution in [0.15, 0.2) is 77.9 Å². The Morgan fingerprint density at radius 3 is 2.38 bits per heavy atom. The second-order valence-electron chi connectivity index (χ2n) is 5.62. The van der Waals surface area contributed by atoms with Gasteiger partial charge in [-0.1, -0.05) is 36.4 Å². The lowest BCUT2D eigenvalue weighted by Crippen LogP contribution is -1.94. The standard InChI is InChI=1S/C21H20N2O/c1-16-12-13-20(14-17(16)2)24-21-11-7-6-8-18(21)15-22-23-19-9-4-3-5-10-19/h3-15,23H,1-2H3. The number of nitrogens with zero attached hydrogens (tertiary/aromatic N) is 1. The van der Waals surface area contributed by atoms with Gasteiger partial charge in [-0.3, -0.25) is 5.43 Å². The van der Waals surface area contributed by atoms with E-state index in [2.05, 4.69) is 30.4 Å². The van der Waals surface area contributed by atoms with Crippen molar-refractivity contribution in [3.8, 4) is 11.5 Å². The highest BCUT2D eigenvalue weighted by atomic mass is 16.5. The summed E-state index contributed by atoms with van der Waals surface area (Å²) in [5.74, 6) is 1.61. The molecule has 3 aromatic carbocycles. The number of aryl methyl sites for hydroxylation is 2. The zero-order valence-corrected chi connectivity index (χ0v) is 13.9. The minimum atomic E-state index is 0.777. The maximum atomic E-state index is 6.03. The van der Waals surface area contributed by atoms with Gasteiger partial charge in [0.25, 0.3) is 0 Å². The molecule has 0 aliphatic rings. The molecule has 3 rings (SSSR count). The van der Waals surface area contributed by atoms with E-state index in [1.54, 1.807) is 6.21 Å². The fourth-order valence-electron chi connectivity index (χ4n) is 2.27. The van der Waals surface area contributed by atoms with Crippen LogP contribution in [0.5, 0.6) is 11.5 Å². The molecule has 3 nitrogen and oxygen atoms in total. The van der Waals surface area contributed by atoms with Gasteiger partial charge >= 0.3 is 0 Å². The van der Waals surface area contributed by atoms with E-state index in [-0.39, 0.29) is 0 Å². The van der Waals surface area contributed by atoms with Crippen molar-refractivity contribution in [1.29, 1.82) is 0 Å². The molecule has 1 N–H and O–H groups in total. The highest BCUT2D eigenvalue weighted by Gasteiger charge is 2.03. The van der Waals surface area contributed by atoms with Gasteiger partial charge in [-0.2, -0.15) is 5.10 Å². The number of anilines is 1.